The molecular formula is C20H24N4O4S. The first kappa shape index (κ1) is 20.9. The lowest BCUT2D eigenvalue weighted by atomic mass is 10.2. The number of carbonyl (C=O) groups excluding carboxylic acids is 1. The highest BCUT2D eigenvalue weighted by atomic mass is 32.2. The van der Waals surface area contributed by atoms with Gasteiger partial charge in [0.25, 0.3) is 5.56 Å². The van der Waals surface area contributed by atoms with Crippen molar-refractivity contribution in [2.75, 3.05) is 18.8 Å². The zero-order valence-electron chi connectivity index (χ0n) is 16.7. The van der Waals surface area contributed by atoms with E-state index < -0.39 is 17.1 Å². The van der Waals surface area contributed by atoms with Crippen molar-refractivity contribution < 1.29 is 9.90 Å². The van der Waals surface area contributed by atoms with Crippen molar-refractivity contribution in [2.45, 2.75) is 19.8 Å². The Balaban J connectivity index is 2.05. The van der Waals surface area contributed by atoms with Gasteiger partial charge in [-0.1, -0.05) is 23.9 Å². The van der Waals surface area contributed by atoms with E-state index in [4.69, 9.17) is 0 Å². The minimum Gasteiger partial charge on any atom is -0.494 e. The van der Waals surface area contributed by atoms with Gasteiger partial charge in [-0.05, 0) is 37.5 Å². The summed E-state index contributed by atoms with van der Waals surface area (Å²) in [5.41, 5.74) is 0.204. The van der Waals surface area contributed by atoms with E-state index in [1.165, 1.54) is 14.1 Å². The Hall–Kier alpha value is -2.81. The molecule has 0 saturated carbocycles. The monoisotopic (exact) mass is 416 g/mol. The fourth-order valence-corrected chi connectivity index (χ4v) is 4.12. The number of carbonyl (C=O) groups is 1. The highest BCUT2D eigenvalue weighted by Gasteiger charge is 2.24. The average molecular weight is 417 g/mol. The van der Waals surface area contributed by atoms with Crippen LogP contribution in [0.25, 0.3) is 0 Å². The quantitative estimate of drug-likeness (QED) is 0.602. The Bertz CT molecular complexity index is 1080. The average Bonchev–Trinajstić information content (AvgIpc) is 3.24. The van der Waals surface area contributed by atoms with Crippen molar-refractivity contribution in [1.29, 1.82) is 0 Å². The van der Waals surface area contributed by atoms with Crippen molar-refractivity contribution in [1.82, 2.24) is 14.0 Å². The fraction of sp³-hybridized carbons (Fsp3) is 0.400. The van der Waals surface area contributed by atoms with Crippen LogP contribution in [0.15, 0.2) is 38.8 Å². The number of aliphatic imine (C=N–C) groups is 1. The van der Waals surface area contributed by atoms with Crippen molar-refractivity contribution in [3.63, 3.8) is 0 Å². The maximum absolute atomic E-state index is 12.8. The second kappa shape index (κ2) is 8.69. The first-order chi connectivity index (χ1) is 13.8. The molecule has 1 aromatic carbocycles. The Morgan fingerprint density at radius 3 is 2.52 bits per heavy atom. The standard InChI is InChI=1S/C20H24N4O4S/c1-13-7-6-8-14(11-13)21-17(29-12-15(25)24-9-4-5-10-24)16-18(26)22(2)20(28)23(3)19(16)27/h6-8,11,26H,4-5,9-10,12H2,1-3H3. The van der Waals surface area contributed by atoms with Crippen LogP contribution in [0.1, 0.15) is 24.0 Å². The molecule has 0 atom stereocenters. The molecule has 3 rings (SSSR count). The predicted molar refractivity (Wildman–Crippen MR) is 114 cm³/mol. The molecule has 1 aromatic heterocycles. The van der Waals surface area contributed by atoms with Gasteiger partial charge >= 0.3 is 5.69 Å². The number of rotatable bonds is 4. The van der Waals surface area contributed by atoms with Gasteiger partial charge in [0, 0.05) is 27.2 Å². The van der Waals surface area contributed by atoms with Crippen molar-refractivity contribution in [3.05, 3.63) is 56.2 Å². The lowest BCUT2D eigenvalue weighted by molar-refractivity contribution is -0.127. The molecule has 1 aliphatic heterocycles. The van der Waals surface area contributed by atoms with Gasteiger partial charge in [-0.2, -0.15) is 0 Å². The van der Waals surface area contributed by atoms with Crippen LogP contribution in [-0.4, -0.2) is 48.9 Å². The molecule has 0 radical (unpaired) electrons. The number of aromatic nitrogens is 2. The second-order valence-electron chi connectivity index (χ2n) is 7.04. The second-order valence-corrected chi connectivity index (χ2v) is 8.00. The Morgan fingerprint density at radius 1 is 1.17 bits per heavy atom. The van der Waals surface area contributed by atoms with Crippen LogP contribution in [0.4, 0.5) is 5.69 Å². The van der Waals surface area contributed by atoms with Crippen LogP contribution in [0.3, 0.4) is 0 Å². The molecule has 1 fully saturated rings. The van der Waals surface area contributed by atoms with Gasteiger partial charge in [-0.3, -0.25) is 18.7 Å². The van der Waals surface area contributed by atoms with Gasteiger partial charge in [0.15, 0.2) is 0 Å². The normalized spacial score (nSPS) is 14.4. The van der Waals surface area contributed by atoms with Crippen molar-refractivity contribution in [2.24, 2.45) is 19.1 Å². The van der Waals surface area contributed by atoms with Gasteiger partial charge in [0.1, 0.15) is 10.6 Å². The molecule has 154 valence electrons. The molecule has 1 saturated heterocycles. The molecule has 0 aliphatic carbocycles. The number of nitrogens with zero attached hydrogens (tertiary/aromatic N) is 4. The summed E-state index contributed by atoms with van der Waals surface area (Å²) >= 11 is 1.09. The summed E-state index contributed by atoms with van der Waals surface area (Å²) in [5, 5.41) is 10.7. The van der Waals surface area contributed by atoms with E-state index in [9.17, 15) is 19.5 Å². The van der Waals surface area contributed by atoms with Gasteiger partial charge in [-0.15, -0.1) is 0 Å². The summed E-state index contributed by atoms with van der Waals surface area (Å²) in [7, 11) is 2.73. The highest BCUT2D eigenvalue weighted by molar-refractivity contribution is 8.15. The minimum absolute atomic E-state index is 0.0365. The Kier molecular flexibility index (Phi) is 6.26. The van der Waals surface area contributed by atoms with E-state index >= 15 is 0 Å². The summed E-state index contributed by atoms with van der Waals surface area (Å²) in [5.74, 6) is -0.410. The third kappa shape index (κ3) is 4.45. The number of amides is 1. The topological polar surface area (TPSA) is 96.9 Å². The van der Waals surface area contributed by atoms with Crippen LogP contribution in [0.5, 0.6) is 5.88 Å². The number of aryl methyl sites for hydroxylation is 1. The zero-order valence-corrected chi connectivity index (χ0v) is 17.5. The molecule has 0 spiro atoms. The van der Waals surface area contributed by atoms with Crippen molar-refractivity contribution in [3.8, 4) is 5.88 Å². The number of thioether (sulfide) groups is 1. The third-order valence-corrected chi connectivity index (χ3v) is 5.83. The molecule has 29 heavy (non-hydrogen) atoms. The molecule has 8 nitrogen and oxygen atoms in total. The van der Waals surface area contributed by atoms with E-state index in [1.807, 2.05) is 25.1 Å². The lowest BCUT2D eigenvalue weighted by Crippen LogP contribution is -2.40. The van der Waals surface area contributed by atoms with Gasteiger partial charge < -0.3 is 10.0 Å². The number of benzene rings is 1. The van der Waals surface area contributed by atoms with Gasteiger partial charge in [-0.25, -0.2) is 9.79 Å². The van der Waals surface area contributed by atoms with E-state index in [0.29, 0.717) is 5.69 Å². The summed E-state index contributed by atoms with van der Waals surface area (Å²) in [6.07, 6.45) is 1.98. The van der Waals surface area contributed by atoms with Crippen LogP contribution < -0.4 is 11.2 Å². The van der Waals surface area contributed by atoms with Gasteiger partial charge in [0.05, 0.1) is 11.4 Å². The van der Waals surface area contributed by atoms with Crippen LogP contribution >= 0.6 is 11.8 Å². The van der Waals surface area contributed by atoms with E-state index in [0.717, 1.165) is 52.4 Å². The predicted octanol–water partition coefficient (Wildman–Crippen LogP) is 1.53. The number of hydrogen-bond donors (Lipinski definition) is 1. The SMILES string of the molecule is Cc1cccc(N=C(SCC(=O)N2CCCC2)c2c(O)n(C)c(=O)n(C)c2=O)c1. The molecule has 9 heteroatoms. The Labute approximate surface area is 172 Å². The fourth-order valence-electron chi connectivity index (χ4n) is 3.18. The zero-order chi connectivity index (χ0) is 21.1. The van der Waals surface area contributed by atoms with Crippen LogP contribution in [-0.2, 0) is 18.9 Å². The first-order valence-corrected chi connectivity index (χ1v) is 10.3. The van der Waals surface area contributed by atoms with Crippen LogP contribution in [0, 0.1) is 6.92 Å². The molecule has 2 aromatic rings. The maximum atomic E-state index is 12.8. The molecule has 1 N–H and O–H groups in total. The van der Waals surface area contributed by atoms with E-state index in [2.05, 4.69) is 4.99 Å². The van der Waals surface area contributed by atoms with Crippen LogP contribution in [0.2, 0.25) is 0 Å². The highest BCUT2D eigenvalue weighted by Crippen LogP contribution is 2.24. The summed E-state index contributed by atoms with van der Waals surface area (Å²) in [4.78, 5) is 43.7. The smallest absolute Gasteiger partial charge is 0.333 e. The molecule has 1 aliphatic rings. The minimum atomic E-state index is -0.655. The number of likely N-dealkylation sites (tertiary alicyclic amines) is 1. The first-order valence-electron chi connectivity index (χ1n) is 9.35. The molecule has 1 amide bonds. The number of hydrogen-bond acceptors (Lipinski definition) is 6. The Morgan fingerprint density at radius 2 is 1.86 bits per heavy atom. The molecule has 0 bridgehead atoms. The van der Waals surface area contributed by atoms with Gasteiger partial charge in [0.2, 0.25) is 11.8 Å². The maximum Gasteiger partial charge on any atom is 0.333 e. The third-order valence-electron chi connectivity index (χ3n) is 4.87. The molecule has 0 unspecified atom stereocenters. The lowest BCUT2D eigenvalue weighted by Gasteiger charge is -2.16. The summed E-state index contributed by atoms with van der Waals surface area (Å²) in [6, 6.07) is 7.38. The molecular weight excluding hydrogens is 392 g/mol. The van der Waals surface area contributed by atoms with Crippen molar-refractivity contribution >= 4 is 28.4 Å². The number of aromatic hydroxyl groups is 1. The largest absolute Gasteiger partial charge is 0.494 e. The molecule has 2 heterocycles. The van der Waals surface area contributed by atoms with E-state index in [-0.39, 0.29) is 22.3 Å². The summed E-state index contributed by atoms with van der Waals surface area (Å²) < 4.78 is 1.91. The summed E-state index contributed by atoms with van der Waals surface area (Å²) in [6.45, 7) is 3.39. The van der Waals surface area contributed by atoms with E-state index in [1.54, 1.807) is 11.0 Å².